The van der Waals surface area contributed by atoms with Crippen molar-refractivity contribution in [2.75, 3.05) is 13.2 Å². The Bertz CT molecular complexity index is 187. The molecule has 0 rings (SSSR count). The van der Waals surface area contributed by atoms with Crippen molar-refractivity contribution in [2.24, 2.45) is 0 Å². The highest BCUT2D eigenvalue weighted by atomic mass is 16.5. The van der Waals surface area contributed by atoms with Gasteiger partial charge >= 0.3 is 5.97 Å². The van der Waals surface area contributed by atoms with Gasteiger partial charge in [0.15, 0.2) is 0 Å². The van der Waals surface area contributed by atoms with E-state index in [1.807, 2.05) is 0 Å². The molecule has 0 aromatic carbocycles. The fourth-order valence-electron chi connectivity index (χ4n) is 1.24. The summed E-state index contributed by atoms with van der Waals surface area (Å²) in [5, 5.41) is 8.50. The molecule has 0 spiro atoms. The van der Waals surface area contributed by atoms with Gasteiger partial charge in [-0.15, -0.1) is 0 Å². The van der Waals surface area contributed by atoms with Crippen molar-refractivity contribution < 1.29 is 14.6 Å². The molecule has 15 heavy (non-hydrogen) atoms. The van der Waals surface area contributed by atoms with E-state index in [0.29, 0.717) is 6.61 Å². The SMILES string of the molecule is C=C(COCCCCCCCC)C(=O)O. The van der Waals surface area contributed by atoms with Crippen LogP contribution in [0.15, 0.2) is 12.2 Å². The molecule has 1 N–H and O–H groups in total. The molecule has 0 radical (unpaired) electrons. The minimum absolute atomic E-state index is 0.126. The first-order valence-electron chi connectivity index (χ1n) is 5.67. The summed E-state index contributed by atoms with van der Waals surface area (Å²) in [5.74, 6) is -0.974. The smallest absolute Gasteiger partial charge is 0.333 e. The standard InChI is InChI=1S/C12H22O3/c1-3-4-5-6-7-8-9-15-10-11(2)12(13)14/h2-10H2,1H3,(H,13,14). The Kier molecular flexibility index (Phi) is 9.18. The van der Waals surface area contributed by atoms with E-state index in [9.17, 15) is 4.79 Å². The normalized spacial score (nSPS) is 10.2. The summed E-state index contributed by atoms with van der Waals surface area (Å²) in [6.07, 6.45) is 7.27. The molecule has 88 valence electrons. The van der Waals surface area contributed by atoms with Crippen LogP contribution in [0.3, 0.4) is 0 Å². The van der Waals surface area contributed by atoms with Crippen molar-refractivity contribution in [3.63, 3.8) is 0 Å². The van der Waals surface area contributed by atoms with Gasteiger partial charge in [-0.3, -0.25) is 0 Å². The molecule has 0 amide bonds. The molecule has 0 fully saturated rings. The molecule has 0 aromatic rings. The summed E-state index contributed by atoms with van der Waals surface area (Å²) in [6, 6.07) is 0. The van der Waals surface area contributed by atoms with Crippen molar-refractivity contribution in [3.05, 3.63) is 12.2 Å². The Morgan fingerprint density at radius 1 is 1.20 bits per heavy atom. The van der Waals surface area contributed by atoms with Crippen LogP contribution in [0, 0.1) is 0 Å². The Balaban J connectivity index is 3.11. The van der Waals surface area contributed by atoms with Gasteiger partial charge in [0, 0.05) is 6.61 Å². The van der Waals surface area contributed by atoms with Crippen LogP contribution in [-0.4, -0.2) is 24.3 Å². The van der Waals surface area contributed by atoms with Crippen molar-refractivity contribution in [1.82, 2.24) is 0 Å². The Morgan fingerprint density at radius 2 is 1.80 bits per heavy atom. The molecule has 3 heteroatoms. The largest absolute Gasteiger partial charge is 0.478 e. The maximum absolute atomic E-state index is 10.4. The van der Waals surface area contributed by atoms with Crippen molar-refractivity contribution in [3.8, 4) is 0 Å². The highest BCUT2D eigenvalue weighted by Crippen LogP contribution is 2.05. The quantitative estimate of drug-likeness (QED) is 0.449. The lowest BCUT2D eigenvalue weighted by molar-refractivity contribution is -0.133. The van der Waals surface area contributed by atoms with Crippen LogP contribution in [0.25, 0.3) is 0 Å². The van der Waals surface area contributed by atoms with Gasteiger partial charge in [0.05, 0.1) is 12.2 Å². The molecule has 0 aliphatic carbocycles. The van der Waals surface area contributed by atoms with E-state index in [-0.39, 0.29) is 12.2 Å². The van der Waals surface area contributed by atoms with Crippen molar-refractivity contribution in [1.29, 1.82) is 0 Å². The second kappa shape index (κ2) is 9.71. The first-order chi connectivity index (χ1) is 7.18. The summed E-state index contributed by atoms with van der Waals surface area (Å²) >= 11 is 0. The Hall–Kier alpha value is -0.830. The third-order valence-corrected chi connectivity index (χ3v) is 2.22. The highest BCUT2D eigenvalue weighted by molar-refractivity contribution is 5.85. The molecule has 0 bridgehead atoms. The second-order valence-electron chi connectivity index (χ2n) is 3.73. The molecule has 0 aliphatic rings. The van der Waals surface area contributed by atoms with Crippen molar-refractivity contribution in [2.45, 2.75) is 45.4 Å². The molecular formula is C12H22O3. The van der Waals surface area contributed by atoms with Crippen LogP contribution < -0.4 is 0 Å². The van der Waals surface area contributed by atoms with Crippen LogP contribution in [0.2, 0.25) is 0 Å². The van der Waals surface area contributed by atoms with Crippen LogP contribution in [-0.2, 0) is 9.53 Å². The van der Waals surface area contributed by atoms with E-state index < -0.39 is 5.97 Å². The monoisotopic (exact) mass is 214 g/mol. The van der Waals surface area contributed by atoms with Gasteiger partial charge in [-0.2, -0.15) is 0 Å². The van der Waals surface area contributed by atoms with Gasteiger partial charge in [-0.1, -0.05) is 45.6 Å². The first kappa shape index (κ1) is 14.2. The number of rotatable bonds is 10. The lowest BCUT2D eigenvalue weighted by atomic mass is 10.1. The molecule has 0 atom stereocenters. The third-order valence-electron chi connectivity index (χ3n) is 2.22. The van der Waals surface area contributed by atoms with Gasteiger partial charge in [-0.25, -0.2) is 4.79 Å². The molecule has 3 nitrogen and oxygen atoms in total. The van der Waals surface area contributed by atoms with Gasteiger partial charge in [0.25, 0.3) is 0 Å². The molecule has 0 aromatic heterocycles. The second-order valence-corrected chi connectivity index (χ2v) is 3.73. The fourth-order valence-corrected chi connectivity index (χ4v) is 1.24. The molecule has 0 aliphatic heterocycles. The van der Waals surface area contributed by atoms with Gasteiger partial charge in [0.2, 0.25) is 0 Å². The number of carbonyl (C=O) groups is 1. The van der Waals surface area contributed by atoms with E-state index in [1.165, 1.54) is 32.1 Å². The average molecular weight is 214 g/mol. The van der Waals surface area contributed by atoms with Crippen LogP contribution in [0.4, 0.5) is 0 Å². The van der Waals surface area contributed by atoms with Gasteiger partial charge in [-0.05, 0) is 6.42 Å². The highest BCUT2D eigenvalue weighted by Gasteiger charge is 2.02. The van der Waals surface area contributed by atoms with Gasteiger partial charge < -0.3 is 9.84 Å². The minimum Gasteiger partial charge on any atom is -0.478 e. The number of carboxylic acids is 1. The number of ether oxygens (including phenoxy) is 1. The number of aliphatic carboxylic acids is 1. The molecular weight excluding hydrogens is 192 g/mol. The molecule has 0 saturated heterocycles. The van der Waals surface area contributed by atoms with Gasteiger partial charge in [0.1, 0.15) is 0 Å². The zero-order chi connectivity index (χ0) is 11.5. The fraction of sp³-hybridized carbons (Fsp3) is 0.750. The maximum atomic E-state index is 10.4. The first-order valence-corrected chi connectivity index (χ1v) is 5.67. The number of carboxylic acid groups (broad SMARTS) is 1. The summed E-state index contributed by atoms with van der Waals surface area (Å²) in [7, 11) is 0. The number of hydrogen-bond donors (Lipinski definition) is 1. The van der Waals surface area contributed by atoms with E-state index in [4.69, 9.17) is 9.84 Å². The molecule has 0 heterocycles. The lowest BCUT2D eigenvalue weighted by Crippen LogP contribution is -2.07. The number of unbranched alkanes of at least 4 members (excludes halogenated alkanes) is 5. The van der Waals surface area contributed by atoms with E-state index in [1.54, 1.807) is 0 Å². The molecule has 0 saturated carbocycles. The minimum atomic E-state index is -0.974. The summed E-state index contributed by atoms with van der Waals surface area (Å²) in [5.41, 5.74) is 0.126. The topological polar surface area (TPSA) is 46.5 Å². The Labute approximate surface area is 92.1 Å². The van der Waals surface area contributed by atoms with Crippen LogP contribution >= 0.6 is 0 Å². The third kappa shape index (κ3) is 9.47. The predicted octanol–water partition coefficient (Wildman–Crippen LogP) is 3.00. The zero-order valence-electron chi connectivity index (χ0n) is 9.63. The maximum Gasteiger partial charge on any atom is 0.333 e. The lowest BCUT2D eigenvalue weighted by Gasteiger charge is -2.03. The van der Waals surface area contributed by atoms with Crippen LogP contribution in [0.5, 0.6) is 0 Å². The zero-order valence-corrected chi connectivity index (χ0v) is 9.63. The Morgan fingerprint density at radius 3 is 2.40 bits per heavy atom. The van der Waals surface area contributed by atoms with Crippen molar-refractivity contribution >= 4 is 5.97 Å². The average Bonchev–Trinajstić information content (AvgIpc) is 2.21. The summed E-state index contributed by atoms with van der Waals surface area (Å²) in [6.45, 7) is 6.36. The predicted molar refractivity (Wildman–Crippen MR) is 61.0 cm³/mol. The van der Waals surface area contributed by atoms with Crippen LogP contribution in [0.1, 0.15) is 45.4 Å². The summed E-state index contributed by atoms with van der Waals surface area (Å²) < 4.78 is 5.18. The summed E-state index contributed by atoms with van der Waals surface area (Å²) in [4.78, 5) is 10.4. The molecule has 0 unspecified atom stereocenters. The van der Waals surface area contributed by atoms with E-state index in [0.717, 1.165) is 6.42 Å². The van der Waals surface area contributed by atoms with E-state index >= 15 is 0 Å². The number of hydrogen-bond acceptors (Lipinski definition) is 2. The van der Waals surface area contributed by atoms with E-state index in [2.05, 4.69) is 13.5 Å².